The van der Waals surface area contributed by atoms with E-state index in [2.05, 4.69) is 41.7 Å². The monoisotopic (exact) mass is 391 g/mol. The molecule has 4 fully saturated rings. The Bertz CT molecular complexity index is 809. The van der Waals surface area contributed by atoms with E-state index in [1.165, 1.54) is 44.1 Å². The first-order valence-corrected chi connectivity index (χ1v) is 11.6. The largest absolute Gasteiger partial charge is 0.325 e. The smallest absolute Gasteiger partial charge is 0.237 e. The van der Waals surface area contributed by atoms with Crippen LogP contribution in [0.2, 0.25) is 0 Å². The molecular weight excluding hydrogens is 362 g/mol. The third-order valence-electron chi connectivity index (χ3n) is 7.23. The Labute approximate surface area is 172 Å². The summed E-state index contributed by atoms with van der Waals surface area (Å²) < 4.78 is 0. The SMILES string of the molecule is C[C@@H](Sc1ccccc1)C(=O)Nc1ccc(C23CC4CC(CC(C4)C2)C3)cc1. The van der Waals surface area contributed by atoms with Crippen LogP contribution in [-0.4, -0.2) is 11.2 Å². The van der Waals surface area contributed by atoms with Gasteiger partial charge in [-0.2, -0.15) is 0 Å². The van der Waals surface area contributed by atoms with E-state index in [1.807, 2.05) is 25.1 Å². The van der Waals surface area contributed by atoms with E-state index in [-0.39, 0.29) is 11.2 Å². The van der Waals surface area contributed by atoms with Crippen molar-refractivity contribution in [2.24, 2.45) is 17.8 Å². The minimum absolute atomic E-state index is 0.0661. The van der Waals surface area contributed by atoms with Gasteiger partial charge in [0.15, 0.2) is 0 Å². The molecule has 1 N–H and O–H groups in total. The second-order valence-electron chi connectivity index (χ2n) is 9.34. The van der Waals surface area contributed by atoms with Gasteiger partial charge in [0.1, 0.15) is 0 Å². The van der Waals surface area contributed by atoms with Crippen LogP contribution in [0.5, 0.6) is 0 Å². The lowest BCUT2D eigenvalue weighted by Crippen LogP contribution is -2.48. The highest BCUT2D eigenvalue weighted by Gasteiger charge is 2.51. The van der Waals surface area contributed by atoms with E-state index in [1.54, 1.807) is 11.8 Å². The van der Waals surface area contributed by atoms with Crippen molar-refractivity contribution in [3.8, 4) is 0 Å². The highest BCUT2D eigenvalue weighted by molar-refractivity contribution is 8.00. The lowest BCUT2D eigenvalue weighted by molar-refractivity contribution is -0.115. The Kier molecular flexibility index (Phi) is 4.74. The van der Waals surface area contributed by atoms with Gasteiger partial charge in [-0.1, -0.05) is 30.3 Å². The van der Waals surface area contributed by atoms with Gasteiger partial charge in [0.05, 0.1) is 5.25 Å². The molecule has 0 saturated heterocycles. The summed E-state index contributed by atoms with van der Waals surface area (Å²) in [5, 5.41) is 2.98. The average Bonchev–Trinajstić information content (AvgIpc) is 2.68. The zero-order chi connectivity index (χ0) is 19.1. The van der Waals surface area contributed by atoms with Gasteiger partial charge in [-0.25, -0.2) is 0 Å². The lowest BCUT2D eigenvalue weighted by Gasteiger charge is -2.57. The molecular formula is C25H29NOS. The fraction of sp³-hybridized carbons (Fsp3) is 0.480. The molecule has 4 aliphatic carbocycles. The number of carbonyl (C=O) groups excluding carboxylic acids is 1. The molecule has 0 radical (unpaired) electrons. The van der Waals surface area contributed by atoms with Crippen LogP contribution in [0.4, 0.5) is 5.69 Å². The highest BCUT2D eigenvalue weighted by Crippen LogP contribution is 2.60. The zero-order valence-corrected chi connectivity index (χ0v) is 17.4. The van der Waals surface area contributed by atoms with E-state index in [4.69, 9.17) is 0 Å². The van der Waals surface area contributed by atoms with Crippen molar-refractivity contribution in [1.29, 1.82) is 0 Å². The topological polar surface area (TPSA) is 29.1 Å². The number of carbonyl (C=O) groups is 1. The normalized spacial score (nSPS) is 31.5. The second-order valence-corrected chi connectivity index (χ2v) is 10.8. The quantitative estimate of drug-likeness (QED) is 0.608. The molecule has 3 heteroatoms. The minimum Gasteiger partial charge on any atom is -0.325 e. The Hall–Kier alpha value is -1.74. The molecule has 4 aliphatic rings. The maximum atomic E-state index is 12.6. The van der Waals surface area contributed by atoms with Crippen LogP contribution in [-0.2, 0) is 10.2 Å². The molecule has 0 unspecified atom stereocenters. The molecule has 146 valence electrons. The molecule has 28 heavy (non-hydrogen) atoms. The van der Waals surface area contributed by atoms with Crippen molar-refractivity contribution in [1.82, 2.24) is 0 Å². The summed E-state index contributed by atoms with van der Waals surface area (Å²) in [5.74, 6) is 2.95. The van der Waals surface area contributed by atoms with Gasteiger partial charge in [-0.15, -0.1) is 11.8 Å². The molecule has 1 atom stereocenters. The molecule has 0 aliphatic heterocycles. The molecule has 2 aromatic carbocycles. The lowest BCUT2D eigenvalue weighted by atomic mass is 9.48. The first-order chi connectivity index (χ1) is 13.6. The Morgan fingerprint density at radius 1 is 0.929 bits per heavy atom. The Morgan fingerprint density at radius 2 is 1.50 bits per heavy atom. The van der Waals surface area contributed by atoms with Crippen molar-refractivity contribution < 1.29 is 4.79 Å². The Morgan fingerprint density at radius 3 is 2.07 bits per heavy atom. The maximum Gasteiger partial charge on any atom is 0.237 e. The van der Waals surface area contributed by atoms with E-state index in [9.17, 15) is 4.79 Å². The van der Waals surface area contributed by atoms with Crippen LogP contribution in [0.25, 0.3) is 0 Å². The van der Waals surface area contributed by atoms with Crippen LogP contribution >= 0.6 is 11.8 Å². The van der Waals surface area contributed by atoms with Crippen LogP contribution in [0.15, 0.2) is 59.5 Å². The van der Waals surface area contributed by atoms with Crippen molar-refractivity contribution >= 4 is 23.4 Å². The van der Waals surface area contributed by atoms with Crippen molar-refractivity contribution in [2.45, 2.75) is 61.0 Å². The van der Waals surface area contributed by atoms with Gasteiger partial charge in [0, 0.05) is 10.6 Å². The summed E-state index contributed by atoms with van der Waals surface area (Å²) in [7, 11) is 0. The van der Waals surface area contributed by atoms with E-state index in [0.717, 1.165) is 28.3 Å². The molecule has 4 saturated carbocycles. The number of hydrogen-bond acceptors (Lipinski definition) is 2. The van der Waals surface area contributed by atoms with Gasteiger partial charge in [0.2, 0.25) is 5.91 Å². The number of hydrogen-bond donors (Lipinski definition) is 1. The zero-order valence-electron chi connectivity index (χ0n) is 16.6. The third kappa shape index (κ3) is 3.50. The highest BCUT2D eigenvalue weighted by atomic mass is 32.2. The number of anilines is 1. The van der Waals surface area contributed by atoms with E-state index in [0.29, 0.717) is 5.41 Å². The van der Waals surface area contributed by atoms with Gasteiger partial charge >= 0.3 is 0 Å². The fourth-order valence-electron chi connectivity index (χ4n) is 6.37. The summed E-state index contributed by atoms with van der Waals surface area (Å²) in [6.45, 7) is 1.97. The van der Waals surface area contributed by atoms with Crippen molar-refractivity contribution in [3.63, 3.8) is 0 Å². The Balaban J connectivity index is 1.25. The molecule has 0 aromatic heterocycles. The maximum absolute atomic E-state index is 12.6. The predicted molar refractivity (Wildman–Crippen MR) is 117 cm³/mol. The summed E-state index contributed by atoms with van der Waals surface area (Å²) >= 11 is 1.60. The third-order valence-corrected chi connectivity index (χ3v) is 8.34. The molecule has 4 bridgehead atoms. The van der Waals surface area contributed by atoms with Crippen LogP contribution in [0.1, 0.15) is 51.0 Å². The van der Waals surface area contributed by atoms with Gasteiger partial charge in [0.25, 0.3) is 0 Å². The van der Waals surface area contributed by atoms with E-state index < -0.39 is 0 Å². The fourth-order valence-corrected chi connectivity index (χ4v) is 7.26. The summed E-state index contributed by atoms with van der Waals surface area (Å²) in [6.07, 6.45) is 8.58. The van der Waals surface area contributed by atoms with Crippen molar-refractivity contribution in [2.75, 3.05) is 5.32 Å². The number of nitrogens with one attached hydrogen (secondary N) is 1. The van der Waals surface area contributed by atoms with Crippen molar-refractivity contribution in [3.05, 3.63) is 60.2 Å². The molecule has 2 nitrogen and oxygen atoms in total. The second kappa shape index (κ2) is 7.26. The number of benzene rings is 2. The van der Waals surface area contributed by atoms with Crippen LogP contribution < -0.4 is 5.32 Å². The summed E-state index contributed by atoms with van der Waals surface area (Å²) in [6, 6.07) is 18.9. The van der Waals surface area contributed by atoms with Crippen LogP contribution in [0.3, 0.4) is 0 Å². The molecule has 2 aromatic rings. The minimum atomic E-state index is -0.120. The van der Waals surface area contributed by atoms with Gasteiger partial charge in [-0.3, -0.25) is 4.79 Å². The molecule has 1 amide bonds. The first-order valence-electron chi connectivity index (χ1n) is 10.7. The molecule has 6 rings (SSSR count). The van der Waals surface area contributed by atoms with Crippen LogP contribution in [0, 0.1) is 17.8 Å². The summed E-state index contributed by atoms with van der Waals surface area (Å²) in [5.41, 5.74) is 2.85. The first kappa shape index (κ1) is 18.3. The summed E-state index contributed by atoms with van der Waals surface area (Å²) in [4.78, 5) is 13.7. The number of rotatable bonds is 5. The molecule has 0 spiro atoms. The average molecular weight is 392 g/mol. The van der Waals surface area contributed by atoms with Gasteiger partial charge in [-0.05, 0) is 98.4 Å². The van der Waals surface area contributed by atoms with E-state index >= 15 is 0 Å². The van der Waals surface area contributed by atoms with Gasteiger partial charge < -0.3 is 5.32 Å². The standard InChI is InChI=1S/C25H29NOS/c1-17(28-23-5-3-2-4-6-23)24(27)26-22-9-7-21(8-10-22)25-14-18-11-19(15-25)13-20(12-18)16-25/h2-10,17-20H,11-16H2,1H3,(H,26,27)/t17-,18?,19?,20?,25?/m1/s1. The number of amides is 1. The molecule has 0 heterocycles. The number of thioether (sulfide) groups is 1. The predicted octanol–water partition coefficient (Wildman–Crippen LogP) is 6.27.